The van der Waals surface area contributed by atoms with Crippen LogP contribution >= 0.6 is 0 Å². The standard InChI is InChI=1S/C16H22O/c1-2-6-16-12-11-15(13-17-16)10-9-14-7-4-3-5-8-14/h2-5,7-8,15-16H,1,6,9-13H2/t15-,16+/m1/s1. The molecular formula is C16H22O. The third-order valence-corrected chi connectivity index (χ3v) is 3.58. The maximum Gasteiger partial charge on any atom is 0.0609 e. The summed E-state index contributed by atoms with van der Waals surface area (Å²) in [5, 5.41) is 0. The van der Waals surface area contributed by atoms with Gasteiger partial charge in [-0.05, 0) is 43.6 Å². The summed E-state index contributed by atoms with van der Waals surface area (Å²) in [5.41, 5.74) is 1.45. The van der Waals surface area contributed by atoms with Crippen molar-refractivity contribution in [3.63, 3.8) is 0 Å². The molecule has 1 heterocycles. The van der Waals surface area contributed by atoms with E-state index in [1.807, 2.05) is 6.08 Å². The van der Waals surface area contributed by atoms with Gasteiger partial charge in [-0.3, -0.25) is 0 Å². The lowest BCUT2D eigenvalue weighted by atomic mass is 9.91. The van der Waals surface area contributed by atoms with E-state index in [0.29, 0.717) is 6.10 Å². The number of hydrogen-bond donors (Lipinski definition) is 0. The first-order chi connectivity index (χ1) is 8.38. The van der Waals surface area contributed by atoms with E-state index in [-0.39, 0.29) is 0 Å². The zero-order valence-corrected chi connectivity index (χ0v) is 10.5. The first kappa shape index (κ1) is 12.4. The fourth-order valence-corrected chi connectivity index (χ4v) is 2.48. The van der Waals surface area contributed by atoms with E-state index in [2.05, 4.69) is 36.9 Å². The van der Waals surface area contributed by atoms with E-state index in [1.54, 1.807) is 0 Å². The van der Waals surface area contributed by atoms with Gasteiger partial charge >= 0.3 is 0 Å². The summed E-state index contributed by atoms with van der Waals surface area (Å²) in [4.78, 5) is 0. The molecule has 1 heteroatoms. The largest absolute Gasteiger partial charge is 0.378 e. The predicted octanol–water partition coefficient (Wildman–Crippen LogP) is 3.99. The number of hydrogen-bond acceptors (Lipinski definition) is 1. The first-order valence-corrected chi connectivity index (χ1v) is 6.65. The van der Waals surface area contributed by atoms with Crippen molar-refractivity contribution in [2.24, 2.45) is 5.92 Å². The van der Waals surface area contributed by atoms with Gasteiger partial charge < -0.3 is 4.74 Å². The molecule has 0 radical (unpaired) electrons. The Morgan fingerprint density at radius 1 is 1.24 bits per heavy atom. The number of rotatable bonds is 5. The highest BCUT2D eigenvalue weighted by molar-refractivity contribution is 5.14. The van der Waals surface area contributed by atoms with Crippen LogP contribution in [0.25, 0.3) is 0 Å². The lowest BCUT2D eigenvalue weighted by Crippen LogP contribution is -2.25. The van der Waals surface area contributed by atoms with Gasteiger partial charge in [0.25, 0.3) is 0 Å². The van der Waals surface area contributed by atoms with E-state index in [4.69, 9.17) is 4.74 Å². The molecule has 0 aromatic heterocycles. The SMILES string of the molecule is C=CC[C@H]1CC[C@@H](CCc2ccccc2)CO1. The second-order valence-corrected chi connectivity index (χ2v) is 4.95. The van der Waals surface area contributed by atoms with Gasteiger partial charge in [0.1, 0.15) is 0 Å². The molecule has 0 aliphatic carbocycles. The van der Waals surface area contributed by atoms with Crippen molar-refractivity contribution in [1.29, 1.82) is 0 Å². The van der Waals surface area contributed by atoms with Crippen molar-refractivity contribution >= 4 is 0 Å². The van der Waals surface area contributed by atoms with Crippen LogP contribution in [-0.2, 0) is 11.2 Å². The molecule has 1 fully saturated rings. The first-order valence-electron chi connectivity index (χ1n) is 6.65. The van der Waals surface area contributed by atoms with Gasteiger partial charge in [-0.25, -0.2) is 0 Å². The van der Waals surface area contributed by atoms with Crippen molar-refractivity contribution < 1.29 is 4.74 Å². The minimum absolute atomic E-state index is 0.431. The second-order valence-electron chi connectivity index (χ2n) is 4.95. The minimum Gasteiger partial charge on any atom is -0.378 e. The molecule has 0 spiro atoms. The van der Waals surface area contributed by atoms with Crippen LogP contribution in [0, 0.1) is 5.92 Å². The Morgan fingerprint density at radius 3 is 2.71 bits per heavy atom. The Morgan fingerprint density at radius 2 is 2.06 bits per heavy atom. The summed E-state index contributed by atoms with van der Waals surface area (Å²) >= 11 is 0. The molecule has 92 valence electrons. The summed E-state index contributed by atoms with van der Waals surface area (Å²) < 4.78 is 5.85. The monoisotopic (exact) mass is 230 g/mol. The number of ether oxygens (including phenoxy) is 1. The Labute approximate surface area is 104 Å². The quantitative estimate of drug-likeness (QED) is 0.695. The van der Waals surface area contributed by atoms with Crippen LogP contribution in [-0.4, -0.2) is 12.7 Å². The van der Waals surface area contributed by atoms with Crippen molar-refractivity contribution in [1.82, 2.24) is 0 Å². The lowest BCUT2D eigenvalue weighted by molar-refractivity contribution is -0.0155. The van der Waals surface area contributed by atoms with Gasteiger partial charge in [-0.1, -0.05) is 36.4 Å². The van der Waals surface area contributed by atoms with Crippen LogP contribution in [0.1, 0.15) is 31.2 Å². The Hall–Kier alpha value is -1.08. The smallest absolute Gasteiger partial charge is 0.0609 e. The third kappa shape index (κ3) is 4.01. The fourth-order valence-electron chi connectivity index (χ4n) is 2.48. The van der Waals surface area contributed by atoms with Crippen LogP contribution < -0.4 is 0 Å². The summed E-state index contributed by atoms with van der Waals surface area (Å²) in [7, 11) is 0. The van der Waals surface area contributed by atoms with Gasteiger partial charge in [-0.15, -0.1) is 6.58 Å². The molecule has 0 N–H and O–H groups in total. The van der Waals surface area contributed by atoms with Gasteiger partial charge in [0.05, 0.1) is 6.10 Å². The molecule has 0 saturated carbocycles. The van der Waals surface area contributed by atoms with E-state index < -0.39 is 0 Å². The zero-order chi connectivity index (χ0) is 11.9. The summed E-state index contributed by atoms with van der Waals surface area (Å²) in [6, 6.07) is 10.7. The molecule has 2 rings (SSSR count). The minimum atomic E-state index is 0.431. The Bertz CT molecular complexity index is 323. The molecule has 17 heavy (non-hydrogen) atoms. The zero-order valence-electron chi connectivity index (χ0n) is 10.5. The summed E-state index contributed by atoms with van der Waals surface area (Å²) in [6.07, 6.45) is 8.35. The number of aryl methyl sites for hydroxylation is 1. The molecule has 1 aromatic rings. The van der Waals surface area contributed by atoms with E-state index in [0.717, 1.165) is 18.9 Å². The average Bonchev–Trinajstić information content (AvgIpc) is 2.40. The fraction of sp³-hybridized carbons (Fsp3) is 0.500. The average molecular weight is 230 g/mol. The topological polar surface area (TPSA) is 9.23 Å². The predicted molar refractivity (Wildman–Crippen MR) is 72.0 cm³/mol. The highest BCUT2D eigenvalue weighted by atomic mass is 16.5. The van der Waals surface area contributed by atoms with Crippen molar-refractivity contribution in [2.45, 2.75) is 38.2 Å². The Balaban J connectivity index is 1.70. The molecule has 2 atom stereocenters. The maximum absolute atomic E-state index is 5.85. The Kier molecular flexibility index (Phi) is 4.81. The van der Waals surface area contributed by atoms with Gasteiger partial charge in [0.2, 0.25) is 0 Å². The molecule has 0 bridgehead atoms. The van der Waals surface area contributed by atoms with Crippen LogP contribution in [0.3, 0.4) is 0 Å². The van der Waals surface area contributed by atoms with Crippen LogP contribution in [0.4, 0.5) is 0 Å². The van der Waals surface area contributed by atoms with E-state index >= 15 is 0 Å². The van der Waals surface area contributed by atoms with E-state index in [9.17, 15) is 0 Å². The summed E-state index contributed by atoms with van der Waals surface area (Å²) in [5.74, 6) is 0.747. The molecule has 1 aromatic carbocycles. The third-order valence-electron chi connectivity index (χ3n) is 3.58. The second kappa shape index (κ2) is 6.61. The van der Waals surface area contributed by atoms with Crippen LogP contribution in [0.15, 0.2) is 43.0 Å². The molecule has 0 unspecified atom stereocenters. The molecule has 1 aliphatic heterocycles. The number of benzene rings is 1. The molecule has 1 aliphatic rings. The lowest BCUT2D eigenvalue weighted by Gasteiger charge is -2.28. The highest BCUT2D eigenvalue weighted by Crippen LogP contribution is 2.24. The summed E-state index contributed by atoms with van der Waals surface area (Å²) in [6.45, 7) is 4.71. The highest BCUT2D eigenvalue weighted by Gasteiger charge is 2.20. The molecule has 1 nitrogen and oxygen atoms in total. The molecule has 1 saturated heterocycles. The normalized spacial score (nSPS) is 24.5. The van der Waals surface area contributed by atoms with Gasteiger partial charge in [0, 0.05) is 6.61 Å². The maximum atomic E-state index is 5.85. The van der Waals surface area contributed by atoms with Gasteiger partial charge in [0.15, 0.2) is 0 Å². The van der Waals surface area contributed by atoms with E-state index in [1.165, 1.54) is 31.2 Å². The van der Waals surface area contributed by atoms with Crippen molar-refractivity contribution in [3.05, 3.63) is 48.6 Å². The molecular weight excluding hydrogens is 208 g/mol. The van der Waals surface area contributed by atoms with Gasteiger partial charge in [-0.2, -0.15) is 0 Å². The van der Waals surface area contributed by atoms with Crippen molar-refractivity contribution in [2.75, 3.05) is 6.61 Å². The van der Waals surface area contributed by atoms with Crippen molar-refractivity contribution in [3.8, 4) is 0 Å². The van der Waals surface area contributed by atoms with Crippen LogP contribution in [0.5, 0.6) is 0 Å². The molecule has 0 amide bonds. The van der Waals surface area contributed by atoms with Crippen LogP contribution in [0.2, 0.25) is 0 Å².